The van der Waals surface area contributed by atoms with E-state index < -0.39 is 11.9 Å². The molecule has 1 atom stereocenters. The molecule has 3 nitrogen and oxygen atoms in total. The van der Waals surface area contributed by atoms with Gasteiger partial charge in [0.05, 0.1) is 5.92 Å². The van der Waals surface area contributed by atoms with E-state index in [1.54, 1.807) is 13.0 Å². The maximum atomic E-state index is 11.0. The summed E-state index contributed by atoms with van der Waals surface area (Å²) in [5.74, 6) is -1.16. The van der Waals surface area contributed by atoms with Gasteiger partial charge in [-0.15, -0.1) is 6.58 Å². The van der Waals surface area contributed by atoms with Crippen molar-refractivity contribution in [3.8, 4) is 0 Å². The minimum absolute atomic E-state index is 0.394. The van der Waals surface area contributed by atoms with Gasteiger partial charge in [-0.3, -0.25) is 4.79 Å². The van der Waals surface area contributed by atoms with E-state index in [2.05, 4.69) is 42.7 Å². The number of rotatable bonds is 9. The summed E-state index contributed by atoms with van der Waals surface area (Å²) < 4.78 is 0. The zero-order chi connectivity index (χ0) is 15.0. The summed E-state index contributed by atoms with van der Waals surface area (Å²) in [7, 11) is 0. The fraction of sp³-hybridized carbons (Fsp3) is 0.471. The molecule has 1 aromatic carbocycles. The van der Waals surface area contributed by atoms with Gasteiger partial charge in [0.25, 0.3) is 0 Å². The number of carboxylic acids is 1. The average Bonchev–Trinajstić information content (AvgIpc) is 2.45. The van der Waals surface area contributed by atoms with Crippen molar-refractivity contribution in [2.45, 2.75) is 33.1 Å². The second-order valence-electron chi connectivity index (χ2n) is 5.20. The van der Waals surface area contributed by atoms with Gasteiger partial charge in [0.15, 0.2) is 0 Å². The third kappa shape index (κ3) is 5.08. The predicted octanol–water partition coefficient (Wildman–Crippen LogP) is 3.74. The standard InChI is InChI=1S/C17H25NO2/c1-4-6-7-15-8-10-16(11-9-15)18(12-5-2)13-14(3)17(19)20/h5,8-11,14H,2,4,6-7,12-13H2,1,3H3,(H,19,20). The topological polar surface area (TPSA) is 40.5 Å². The number of hydrogen-bond acceptors (Lipinski definition) is 2. The Kier molecular flexibility index (Phi) is 6.85. The lowest BCUT2D eigenvalue weighted by Gasteiger charge is -2.25. The summed E-state index contributed by atoms with van der Waals surface area (Å²) in [6.45, 7) is 8.82. The van der Waals surface area contributed by atoms with Crippen molar-refractivity contribution in [2.75, 3.05) is 18.0 Å². The molecule has 0 saturated carbocycles. The minimum atomic E-state index is -0.765. The Labute approximate surface area is 121 Å². The van der Waals surface area contributed by atoms with Crippen molar-refractivity contribution < 1.29 is 9.90 Å². The summed E-state index contributed by atoms with van der Waals surface area (Å²) in [5, 5.41) is 9.03. The Morgan fingerprint density at radius 2 is 2.05 bits per heavy atom. The zero-order valence-corrected chi connectivity index (χ0v) is 12.5. The highest BCUT2D eigenvalue weighted by atomic mass is 16.4. The lowest BCUT2D eigenvalue weighted by molar-refractivity contribution is -0.140. The largest absolute Gasteiger partial charge is 0.481 e. The molecule has 0 saturated heterocycles. The second kappa shape index (κ2) is 8.41. The van der Waals surface area contributed by atoms with Crippen LogP contribution in [0, 0.1) is 5.92 Å². The van der Waals surface area contributed by atoms with Crippen LogP contribution in [0.25, 0.3) is 0 Å². The van der Waals surface area contributed by atoms with Crippen molar-refractivity contribution in [1.29, 1.82) is 0 Å². The quantitative estimate of drug-likeness (QED) is 0.698. The minimum Gasteiger partial charge on any atom is -0.481 e. The van der Waals surface area contributed by atoms with Crippen LogP contribution in [-0.2, 0) is 11.2 Å². The Bertz CT molecular complexity index is 425. The van der Waals surface area contributed by atoms with Gasteiger partial charge in [0.2, 0.25) is 0 Å². The van der Waals surface area contributed by atoms with E-state index in [1.807, 2.05) is 0 Å². The highest BCUT2D eigenvalue weighted by molar-refractivity contribution is 5.70. The van der Waals surface area contributed by atoms with Crippen LogP contribution in [-0.4, -0.2) is 24.2 Å². The first-order valence-electron chi connectivity index (χ1n) is 7.26. The SMILES string of the molecule is C=CCN(CC(C)C(=O)O)c1ccc(CCCC)cc1. The number of benzene rings is 1. The Morgan fingerprint density at radius 3 is 2.55 bits per heavy atom. The molecule has 0 radical (unpaired) electrons. The molecule has 1 unspecified atom stereocenters. The summed E-state index contributed by atoms with van der Waals surface area (Å²) >= 11 is 0. The molecule has 20 heavy (non-hydrogen) atoms. The van der Waals surface area contributed by atoms with Gasteiger partial charge in [0.1, 0.15) is 0 Å². The monoisotopic (exact) mass is 275 g/mol. The van der Waals surface area contributed by atoms with Gasteiger partial charge in [0, 0.05) is 18.8 Å². The first-order chi connectivity index (χ1) is 9.58. The number of carbonyl (C=O) groups is 1. The van der Waals surface area contributed by atoms with Crippen LogP contribution < -0.4 is 4.90 Å². The third-order valence-electron chi connectivity index (χ3n) is 3.39. The number of nitrogens with zero attached hydrogens (tertiary/aromatic N) is 1. The maximum Gasteiger partial charge on any atom is 0.308 e. The molecule has 1 rings (SSSR count). The van der Waals surface area contributed by atoms with Crippen LogP contribution in [0.5, 0.6) is 0 Å². The first kappa shape index (κ1) is 16.3. The molecule has 1 N–H and O–H groups in total. The predicted molar refractivity (Wildman–Crippen MR) is 84.3 cm³/mol. The van der Waals surface area contributed by atoms with Crippen LogP contribution in [0.15, 0.2) is 36.9 Å². The number of anilines is 1. The summed E-state index contributed by atoms with van der Waals surface area (Å²) in [5.41, 5.74) is 2.39. The van der Waals surface area contributed by atoms with E-state index in [4.69, 9.17) is 5.11 Å². The normalized spacial score (nSPS) is 11.9. The second-order valence-corrected chi connectivity index (χ2v) is 5.20. The zero-order valence-electron chi connectivity index (χ0n) is 12.5. The molecular weight excluding hydrogens is 250 g/mol. The van der Waals surface area contributed by atoms with Gasteiger partial charge in [-0.05, 0) is 30.5 Å². The van der Waals surface area contributed by atoms with E-state index >= 15 is 0 Å². The molecule has 0 aliphatic carbocycles. The lowest BCUT2D eigenvalue weighted by atomic mass is 10.1. The number of aliphatic carboxylic acids is 1. The molecule has 0 heterocycles. The number of aryl methyl sites for hydroxylation is 1. The van der Waals surface area contributed by atoms with Crippen molar-refractivity contribution in [2.24, 2.45) is 5.92 Å². The van der Waals surface area contributed by atoms with E-state index in [0.29, 0.717) is 13.1 Å². The highest BCUT2D eigenvalue weighted by Crippen LogP contribution is 2.18. The molecule has 0 aliphatic heterocycles. The van der Waals surface area contributed by atoms with Crippen molar-refractivity contribution in [3.63, 3.8) is 0 Å². The number of unbranched alkanes of at least 4 members (excludes halogenated alkanes) is 1. The van der Waals surface area contributed by atoms with E-state index in [1.165, 1.54) is 18.4 Å². The molecule has 1 aromatic rings. The number of hydrogen-bond donors (Lipinski definition) is 1. The maximum absolute atomic E-state index is 11.0. The Morgan fingerprint density at radius 1 is 1.40 bits per heavy atom. The molecule has 110 valence electrons. The van der Waals surface area contributed by atoms with E-state index in [9.17, 15) is 4.79 Å². The molecule has 0 aliphatic rings. The van der Waals surface area contributed by atoms with Gasteiger partial charge < -0.3 is 10.0 Å². The fourth-order valence-corrected chi connectivity index (χ4v) is 2.10. The molecule has 0 fully saturated rings. The van der Waals surface area contributed by atoms with Crippen LogP contribution >= 0.6 is 0 Å². The van der Waals surface area contributed by atoms with Crippen molar-refractivity contribution >= 4 is 11.7 Å². The third-order valence-corrected chi connectivity index (χ3v) is 3.39. The van der Waals surface area contributed by atoms with Crippen LogP contribution in [0.4, 0.5) is 5.69 Å². The molecule has 0 aromatic heterocycles. The summed E-state index contributed by atoms with van der Waals surface area (Å²) in [6.07, 6.45) is 5.30. The van der Waals surface area contributed by atoms with Gasteiger partial charge >= 0.3 is 5.97 Å². The Hall–Kier alpha value is -1.77. The van der Waals surface area contributed by atoms with E-state index in [-0.39, 0.29) is 0 Å². The molecule has 0 bridgehead atoms. The van der Waals surface area contributed by atoms with Gasteiger partial charge in [-0.25, -0.2) is 0 Å². The van der Waals surface area contributed by atoms with Crippen molar-refractivity contribution in [1.82, 2.24) is 0 Å². The van der Waals surface area contributed by atoms with Crippen LogP contribution in [0.3, 0.4) is 0 Å². The molecule has 0 spiro atoms. The smallest absolute Gasteiger partial charge is 0.308 e. The fourth-order valence-electron chi connectivity index (χ4n) is 2.10. The van der Waals surface area contributed by atoms with Gasteiger partial charge in [-0.1, -0.05) is 38.5 Å². The Balaban J connectivity index is 2.75. The summed E-state index contributed by atoms with van der Waals surface area (Å²) in [4.78, 5) is 13.0. The van der Waals surface area contributed by atoms with E-state index in [0.717, 1.165) is 12.1 Å². The average molecular weight is 275 g/mol. The molecule has 0 amide bonds. The van der Waals surface area contributed by atoms with Crippen LogP contribution in [0.1, 0.15) is 32.3 Å². The summed E-state index contributed by atoms with van der Waals surface area (Å²) in [6, 6.07) is 8.41. The van der Waals surface area contributed by atoms with Crippen LogP contribution in [0.2, 0.25) is 0 Å². The van der Waals surface area contributed by atoms with Gasteiger partial charge in [-0.2, -0.15) is 0 Å². The first-order valence-corrected chi connectivity index (χ1v) is 7.26. The highest BCUT2D eigenvalue weighted by Gasteiger charge is 2.15. The molecular formula is C17H25NO2. The van der Waals surface area contributed by atoms with Crippen molar-refractivity contribution in [3.05, 3.63) is 42.5 Å². The number of carboxylic acid groups (broad SMARTS) is 1. The molecule has 3 heteroatoms. The lowest BCUT2D eigenvalue weighted by Crippen LogP contribution is -2.31.